The van der Waals surface area contributed by atoms with Crippen LogP contribution >= 0.6 is 12.4 Å². The third kappa shape index (κ3) is 3.98. The van der Waals surface area contributed by atoms with Crippen molar-refractivity contribution in [1.82, 2.24) is 15.2 Å². The first kappa shape index (κ1) is 13.9. The predicted molar refractivity (Wildman–Crippen MR) is 69.4 cm³/mol. The SMILES string of the molecule is Cc1ccc(CC(=O)N2CCNCC2)cn1.Cl. The van der Waals surface area contributed by atoms with Gasteiger partial charge in [0.25, 0.3) is 0 Å². The van der Waals surface area contributed by atoms with E-state index < -0.39 is 0 Å². The van der Waals surface area contributed by atoms with Gasteiger partial charge in [0.05, 0.1) is 6.42 Å². The maximum atomic E-state index is 11.9. The normalized spacial score (nSPS) is 15.2. The monoisotopic (exact) mass is 255 g/mol. The smallest absolute Gasteiger partial charge is 0.227 e. The lowest BCUT2D eigenvalue weighted by atomic mass is 10.1. The first-order valence-electron chi connectivity index (χ1n) is 5.66. The molecular formula is C12H18ClN3O. The topological polar surface area (TPSA) is 45.2 Å². The fourth-order valence-electron chi connectivity index (χ4n) is 1.80. The standard InChI is InChI=1S/C12H17N3O.ClH/c1-10-2-3-11(9-14-10)8-12(16)15-6-4-13-5-7-15;/h2-3,9,13H,4-8H2,1H3;1H. The van der Waals surface area contributed by atoms with E-state index in [9.17, 15) is 4.79 Å². The summed E-state index contributed by atoms with van der Waals surface area (Å²) in [5.74, 6) is 0.201. The third-order valence-corrected chi connectivity index (χ3v) is 2.80. The fraction of sp³-hybridized carbons (Fsp3) is 0.500. The number of amides is 1. The maximum Gasteiger partial charge on any atom is 0.227 e. The van der Waals surface area contributed by atoms with Crippen LogP contribution in [0.3, 0.4) is 0 Å². The van der Waals surface area contributed by atoms with E-state index in [4.69, 9.17) is 0 Å². The summed E-state index contributed by atoms with van der Waals surface area (Å²) in [6.45, 7) is 5.38. The number of carbonyl (C=O) groups is 1. The molecule has 0 unspecified atom stereocenters. The average Bonchev–Trinajstić information content (AvgIpc) is 2.33. The average molecular weight is 256 g/mol. The van der Waals surface area contributed by atoms with Crippen LogP contribution in [-0.2, 0) is 11.2 Å². The molecule has 1 saturated heterocycles. The largest absolute Gasteiger partial charge is 0.340 e. The highest BCUT2D eigenvalue weighted by molar-refractivity contribution is 5.85. The number of aryl methyl sites for hydroxylation is 1. The molecule has 0 atom stereocenters. The highest BCUT2D eigenvalue weighted by Gasteiger charge is 2.16. The van der Waals surface area contributed by atoms with E-state index in [1.165, 1.54) is 0 Å². The van der Waals surface area contributed by atoms with Gasteiger partial charge < -0.3 is 10.2 Å². The molecule has 5 heteroatoms. The van der Waals surface area contributed by atoms with Crippen molar-refractivity contribution >= 4 is 18.3 Å². The van der Waals surface area contributed by atoms with Crippen molar-refractivity contribution in [2.45, 2.75) is 13.3 Å². The Balaban J connectivity index is 0.00000144. The number of rotatable bonds is 2. The van der Waals surface area contributed by atoms with E-state index in [-0.39, 0.29) is 18.3 Å². The molecule has 1 aliphatic heterocycles. The number of carbonyl (C=O) groups excluding carboxylic acids is 1. The lowest BCUT2D eigenvalue weighted by Crippen LogP contribution is -2.46. The molecule has 1 N–H and O–H groups in total. The van der Waals surface area contributed by atoms with E-state index in [0.29, 0.717) is 6.42 Å². The Morgan fingerprint density at radius 3 is 2.71 bits per heavy atom. The van der Waals surface area contributed by atoms with E-state index in [1.807, 2.05) is 24.0 Å². The molecule has 0 bridgehead atoms. The van der Waals surface area contributed by atoms with Gasteiger partial charge in [0.1, 0.15) is 0 Å². The molecule has 1 aliphatic rings. The van der Waals surface area contributed by atoms with Crippen LogP contribution in [0.15, 0.2) is 18.3 Å². The number of piperazine rings is 1. The van der Waals surface area contributed by atoms with E-state index in [0.717, 1.165) is 37.4 Å². The van der Waals surface area contributed by atoms with Crippen LogP contribution < -0.4 is 5.32 Å². The van der Waals surface area contributed by atoms with E-state index in [2.05, 4.69) is 10.3 Å². The molecule has 2 heterocycles. The van der Waals surface area contributed by atoms with Gasteiger partial charge in [-0.3, -0.25) is 9.78 Å². The van der Waals surface area contributed by atoms with Gasteiger partial charge >= 0.3 is 0 Å². The van der Waals surface area contributed by atoms with Crippen LogP contribution in [0.25, 0.3) is 0 Å². The zero-order chi connectivity index (χ0) is 11.4. The minimum atomic E-state index is 0. The molecule has 0 radical (unpaired) electrons. The van der Waals surface area contributed by atoms with Crippen molar-refractivity contribution in [3.8, 4) is 0 Å². The van der Waals surface area contributed by atoms with Crippen molar-refractivity contribution in [3.63, 3.8) is 0 Å². The van der Waals surface area contributed by atoms with Gasteiger partial charge in [-0.15, -0.1) is 12.4 Å². The van der Waals surface area contributed by atoms with Crippen molar-refractivity contribution in [2.24, 2.45) is 0 Å². The van der Waals surface area contributed by atoms with E-state index in [1.54, 1.807) is 6.20 Å². The Hall–Kier alpha value is -1.13. The predicted octanol–water partition coefficient (Wildman–Crippen LogP) is 0.786. The quantitative estimate of drug-likeness (QED) is 0.850. The summed E-state index contributed by atoms with van der Waals surface area (Å²) in [6.07, 6.45) is 2.25. The van der Waals surface area contributed by atoms with Gasteiger partial charge in [0.15, 0.2) is 0 Å². The zero-order valence-electron chi connectivity index (χ0n) is 9.98. The van der Waals surface area contributed by atoms with Gasteiger partial charge in [-0.1, -0.05) is 6.07 Å². The molecule has 0 spiro atoms. The summed E-state index contributed by atoms with van der Waals surface area (Å²) in [4.78, 5) is 18.0. The van der Waals surface area contributed by atoms with Crippen molar-refractivity contribution in [2.75, 3.05) is 26.2 Å². The van der Waals surface area contributed by atoms with Crippen LogP contribution in [0.1, 0.15) is 11.3 Å². The Morgan fingerprint density at radius 2 is 2.12 bits per heavy atom. The summed E-state index contributed by atoms with van der Waals surface area (Å²) in [5.41, 5.74) is 1.98. The second-order valence-corrected chi connectivity index (χ2v) is 4.12. The van der Waals surface area contributed by atoms with Gasteiger partial charge in [-0.2, -0.15) is 0 Å². The molecule has 0 aromatic carbocycles. The van der Waals surface area contributed by atoms with Crippen LogP contribution in [0.2, 0.25) is 0 Å². The molecule has 0 saturated carbocycles. The van der Waals surface area contributed by atoms with Crippen molar-refractivity contribution in [1.29, 1.82) is 0 Å². The summed E-state index contributed by atoms with van der Waals surface area (Å²) < 4.78 is 0. The minimum absolute atomic E-state index is 0. The molecule has 1 fully saturated rings. The van der Waals surface area contributed by atoms with Crippen LogP contribution in [-0.4, -0.2) is 42.0 Å². The Kier molecular flexibility index (Phi) is 5.38. The number of aromatic nitrogens is 1. The first-order chi connectivity index (χ1) is 7.75. The number of hydrogen-bond donors (Lipinski definition) is 1. The zero-order valence-corrected chi connectivity index (χ0v) is 10.8. The Labute approximate surface area is 108 Å². The second kappa shape index (κ2) is 6.57. The van der Waals surface area contributed by atoms with E-state index >= 15 is 0 Å². The lowest BCUT2D eigenvalue weighted by Gasteiger charge is -2.27. The molecule has 4 nitrogen and oxygen atoms in total. The second-order valence-electron chi connectivity index (χ2n) is 4.12. The minimum Gasteiger partial charge on any atom is -0.340 e. The highest BCUT2D eigenvalue weighted by Crippen LogP contribution is 2.04. The lowest BCUT2D eigenvalue weighted by molar-refractivity contribution is -0.131. The molecule has 2 rings (SSSR count). The summed E-state index contributed by atoms with van der Waals surface area (Å²) in [5, 5.41) is 3.23. The van der Waals surface area contributed by atoms with Gasteiger partial charge in [-0.05, 0) is 18.6 Å². The van der Waals surface area contributed by atoms with Crippen molar-refractivity contribution in [3.05, 3.63) is 29.6 Å². The summed E-state index contributed by atoms with van der Waals surface area (Å²) >= 11 is 0. The molecule has 1 aromatic heterocycles. The number of halogens is 1. The number of pyridine rings is 1. The number of nitrogens with one attached hydrogen (secondary N) is 1. The van der Waals surface area contributed by atoms with Crippen molar-refractivity contribution < 1.29 is 4.79 Å². The highest BCUT2D eigenvalue weighted by atomic mass is 35.5. The van der Waals surface area contributed by atoms with Crippen LogP contribution in [0, 0.1) is 6.92 Å². The Morgan fingerprint density at radius 1 is 1.41 bits per heavy atom. The first-order valence-corrected chi connectivity index (χ1v) is 5.66. The molecule has 1 amide bonds. The molecule has 17 heavy (non-hydrogen) atoms. The van der Waals surface area contributed by atoms with Crippen LogP contribution in [0.4, 0.5) is 0 Å². The fourth-order valence-corrected chi connectivity index (χ4v) is 1.80. The number of nitrogens with zero attached hydrogens (tertiary/aromatic N) is 2. The molecule has 0 aliphatic carbocycles. The summed E-state index contributed by atoms with van der Waals surface area (Å²) in [6, 6.07) is 3.92. The molecule has 94 valence electrons. The van der Waals surface area contributed by atoms with Gasteiger partial charge in [0.2, 0.25) is 5.91 Å². The summed E-state index contributed by atoms with van der Waals surface area (Å²) in [7, 11) is 0. The molecular weight excluding hydrogens is 238 g/mol. The van der Waals surface area contributed by atoms with Gasteiger partial charge in [-0.25, -0.2) is 0 Å². The molecule has 1 aromatic rings. The van der Waals surface area contributed by atoms with Gasteiger partial charge in [0, 0.05) is 38.1 Å². The third-order valence-electron chi connectivity index (χ3n) is 2.80. The van der Waals surface area contributed by atoms with Crippen LogP contribution in [0.5, 0.6) is 0 Å². The number of hydrogen-bond acceptors (Lipinski definition) is 3. The Bertz CT molecular complexity index is 361. The maximum absolute atomic E-state index is 11.9.